The second kappa shape index (κ2) is 4.31. The Bertz CT molecular complexity index is 315. The Morgan fingerprint density at radius 1 is 1.50 bits per heavy atom. The Morgan fingerprint density at radius 2 is 2.14 bits per heavy atom. The van der Waals surface area contributed by atoms with E-state index in [1.807, 2.05) is 32.9 Å². The van der Waals surface area contributed by atoms with Crippen molar-refractivity contribution in [3.05, 3.63) is 23.7 Å². The average molecular weight is 195 g/mol. The third-order valence-electron chi connectivity index (χ3n) is 2.15. The van der Waals surface area contributed by atoms with E-state index < -0.39 is 0 Å². The number of carbonyl (C=O) groups is 1. The molecule has 0 spiro atoms. The fourth-order valence-electron chi connectivity index (χ4n) is 1.40. The van der Waals surface area contributed by atoms with Crippen molar-refractivity contribution < 1.29 is 9.21 Å². The van der Waals surface area contributed by atoms with Gasteiger partial charge in [0, 0.05) is 13.0 Å². The molecule has 0 saturated heterocycles. The van der Waals surface area contributed by atoms with E-state index in [9.17, 15) is 4.79 Å². The predicted molar refractivity (Wildman–Crippen MR) is 54.8 cm³/mol. The minimum absolute atomic E-state index is 0.0778. The van der Waals surface area contributed by atoms with Gasteiger partial charge in [-0.1, -0.05) is 0 Å². The Balaban J connectivity index is 2.69. The zero-order valence-corrected chi connectivity index (χ0v) is 9.20. The van der Waals surface area contributed by atoms with Crippen LogP contribution in [0.2, 0.25) is 0 Å². The van der Waals surface area contributed by atoms with E-state index in [-0.39, 0.29) is 11.9 Å². The summed E-state index contributed by atoms with van der Waals surface area (Å²) in [5.41, 5.74) is 0. The van der Waals surface area contributed by atoms with Gasteiger partial charge in [-0.25, -0.2) is 0 Å². The van der Waals surface area contributed by atoms with Crippen LogP contribution in [0, 0.1) is 6.92 Å². The van der Waals surface area contributed by atoms with Crippen LogP contribution in [0.3, 0.4) is 0 Å². The molecule has 0 aliphatic carbocycles. The molecule has 0 aliphatic rings. The Morgan fingerprint density at radius 3 is 2.50 bits per heavy atom. The zero-order chi connectivity index (χ0) is 10.7. The van der Waals surface area contributed by atoms with Gasteiger partial charge in [0.2, 0.25) is 5.91 Å². The smallest absolute Gasteiger partial charge is 0.220 e. The quantitative estimate of drug-likeness (QED) is 0.741. The number of aryl methyl sites for hydroxylation is 1. The van der Waals surface area contributed by atoms with Gasteiger partial charge in [-0.15, -0.1) is 0 Å². The molecule has 78 valence electrons. The van der Waals surface area contributed by atoms with E-state index in [1.165, 1.54) is 0 Å². The van der Waals surface area contributed by atoms with Gasteiger partial charge in [0.05, 0.1) is 6.54 Å². The summed E-state index contributed by atoms with van der Waals surface area (Å²) in [7, 11) is 0. The minimum atomic E-state index is 0.0778. The lowest BCUT2D eigenvalue weighted by Gasteiger charge is -2.24. The Kier molecular flexibility index (Phi) is 3.33. The van der Waals surface area contributed by atoms with E-state index >= 15 is 0 Å². The molecule has 1 aromatic rings. The van der Waals surface area contributed by atoms with E-state index in [2.05, 4.69) is 0 Å². The summed E-state index contributed by atoms with van der Waals surface area (Å²) in [5.74, 6) is 1.80. The summed E-state index contributed by atoms with van der Waals surface area (Å²) in [5, 5.41) is 0. The first-order chi connectivity index (χ1) is 6.50. The molecule has 3 heteroatoms. The molecule has 1 rings (SSSR count). The van der Waals surface area contributed by atoms with Crippen molar-refractivity contribution in [2.45, 2.75) is 40.3 Å². The highest BCUT2D eigenvalue weighted by Gasteiger charge is 2.14. The monoisotopic (exact) mass is 195 g/mol. The number of hydrogen-bond acceptors (Lipinski definition) is 2. The predicted octanol–water partition coefficient (Wildman–Crippen LogP) is 2.34. The molecule has 1 aromatic heterocycles. The third-order valence-corrected chi connectivity index (χ3v) is 2.15. The molecule has 0 bridgehead atoms. The van der Waals surface area contributed by atoms with Crippen molar-refractivity contribution in [3.63, 3.8) is 0 Å². The molecule has 3 nitrogen and oxygen atoms in total. The third kappa shape index (κ3) is 2.62. The summed E-state index contributed by atoms with van der Waals surface area (Å²) in [4.78, 5) is 13.1. The van der Waals surface area contributed by atoms with Crippen LogP contribution in [0.5, 0.6) is 0 Å². The highest BCUT2D eigenvalue weighted by atomic mass is 16.3. The van der Waals surface area contributed by atoms with Crippen LogP contribution in [0.1, 0.15) is 32.3 Å². The summed E-state index contributed by atoms with van der Waals surface area (Å²) in [6, 6.07) is 4.03. The second-order valence-electron chi connectivity index (χ2n) is 3.75. The standard InChI is InChI=1S/C11H17NO2/c1-8(2)12(10(4)13)7-11-6-5-9(3)14-11/h5-6,8H,7H2,1-4H3. The lowest BCUT2D eigenvalue weighted by atomic mass is 10.3. The SMILES string of the molecule is CC(=O)N(Cc1ccc(C)o1)C(C)C. The molecule has 1 amide bonds. The van der Waals surface area contributed by atoms with Gasteiger partial charge in [-0.05, 0) is 32.9 Å². The lowest BCUT2D eigenvalue weighted by molar-refractivity contribution is -0.131. The van der Waals surface area contributed by atoms with Crippen molar-refractivity contribution in [1.82, 2.24) is 4.90 Å². The maximum absolute atomic E-state index is 11.3. The lowest BCUT2D eigenvalue weighted by Crippen LogP contribution is -2.34. The van der Waals surface area contributed by atoms with Crippen LogP contribution in [0.15, 0.2) is 16.5 Å². The topological polar surface area (TPSA) is 33.5 Å². The first kappa shape index (κ1) is 10.8. The van der Waals surface area contributed by atoms with Gasteiger partial charge >= 0.3 is 0 Å². The molecule has 0 unspecified atom stereocenters. The molecule has 0 saturated carbocycles. The maximum atomic E-state index is 11.3. The molecule has 0 N–H and O–H groups in total. The van der Waals surface area contributed by atoms with E-state index in [0.29, 0.717) is 6.54 Å². The average Bonchev–Trinajstić information content (AvgIpc) is 2.46. The van der Waals surface area contributed by atoms with Crippen LogP contribution in [-0.2, 0) is 11.3 Å². The molecule has 1 heterocycles. The van der Waals surface area contributed by atoms with Gasteiger partial charge in [-0.2, -0.15) is 0 Å². The van der Waals surface area contributed by atoms with Gasteiger partial charge in [0.25, 0.3) is 0 Å². The van der Waals surface area contributed by atoms with Crippen molar-refractivity contribution in [2.75, 3.05) is 0 Å². The van der Waals surface area contributed by atoms with Crippen LogP contribution < -0.4 is 0 Å². The summed E-state index contributed by atoms with van der Waals surface area (Å²) in [6.07, 6.45) is 0. The first-order valence-corrected chi connectivity index (χ1v) is 4.83. The van der Waals surface area contributed by atoms with Crippen LogP contribution >= 0.6 is 0 Å². The molecular weight excluding hydrogens is 178 g/mol. The molecule has 0 atom stereocenters. The van der Waals surface area contributed by atoms with Crippen molar-refractivity contribution in [3.8, 4) is 0 Å². The van der Waals surface area contributed by atoms with Crippen molar-refractivity contribution in [2.24, 2.45) is 0 Å². The number of rotatable bonds is 3. The van der Waals surface area contributed by atoms with Gasteiger partial charge < -0.3 is 9.32 Å². The zero-order valence-electron chi connectivity index (χ0n) is 9.20. The first-order valence-electron chi connectivity index (χ1n) is 4.83. The summed E-state index contributed by atoms with van der Waals surface area (Å²) < 4.78 is 5.42. The van der Waals surface area contributed by atoms with Gasteiger partial charge in [0.1, 0.15) is 11.5 Å². The van der Waals surface area contributed by atoms with Crippen LogP contribution in [-0.4, -0.2) is 16.8 Å². The molecule has 14 heavy (non-hydrogen) atoms. The van der Waals surface area contributed by atoms with Crippen LogP contribution in [0.25, 0.3) is 0 Å². The normalized spacial score (nSPS) is 10.6. The number of carbonyl (C=O) groups excluding carboxylic acids is 1. The molecule has 0 aliphatic heterocycles. The number of hydrogen-bond donors (Lipinski definition) is 0. The largest absolute Gasteiger partial charge is 0.464 e. The minimum Gasteiger partial charge on any atom is -0.464 e. The summed E-state index contributed by atoms with van der Waals surface area (Å²) >= 11 is 0. The Hall–Kier alpha value is -1.25. The molecular formula is C11H17NO2. The van der Waals surface area contributed by atoms with Gasteiger partial charge in [-0.3, -0.25) is 4.79 Å². The highest BCUT2D eigenvalue weighted by molar-refractivity contribution is 5.73. The number of furan rings is 1. The van der Waals surface area contributed by atoms with Gasteiger partial charge in [0.15, 0.2) is 0 Å². The highest BCUT2D eigenvalue weighted by Crippen LogP contribution is 2.11. The molecule has 0 aromatic carbocycles. The van der Waals surface area contributed by atoms with E-state index in [0.717, 1.165) is 11.5 Å². The Labute approximate surface area is 84.7 Å². The second-order valence-corrected chi connectivity index (χ2v) is 3.75. The van der Waals surface area contributed by atoms with Crippen molar-refractivity contribution in [1.29, 1.82) is 0 Å². The van der Waals surface area contributed by atoms with E-state index in [1.54, 1.807) is 11.8 Å². The van der Waals surface area contributed by atoms with E-state index in [4.69, 9.17) is 4.42 Å². The fourth-order valence-corrected chi connectivity index (χ4v) is 1.40. The van der Waals surface area contributed by atoms with Crippen LogP contribution in [0.4, 0.5) is 0 Å². The fraction of sp³-hybridized carbons (Fsp3) is 0.545. The maximum Gasteiger partial charge on any atom is 0.220 e. The molecule has 0 fully saturated rings. The number of amides is 1. The molecule has 0 radical (unpaired) electrons. The summed E-state index contributed by atoms with van der Waals surface area (Å²) in [6.45, 7) is 8.03. The number of nitrogens with zero attached hydrogens (tertiary/aromatic N) is 1. The van der Waals surface area contributed by atoms with Crippen molar-refractivity contribution >= 4 is 5.91 Å².